The van der Waals surface area contributed by atoms with Gasteiger partial charge in [-0.1, -0.05) is 0 Å². The number of carbonyl (C=O) groups excluding carboxylic acids is 1. The van der Waals surface area contributed by atoms with Crippen LogP contribution in [0.1, 0.15) is 58.7 Å². The molecule has 1 saturated heterocycles. The number of nitrogens with one attached hydrogen (secondary N) is 2. The Bertz CT molecular complexity index is 909. The van der Waals surface area contributed by atoms with Crippen LogP contribution in [0.2, 0.25) is 0 Å². The Labute approximate surface area is 197 Å². The van der Waals surface area contributed by atoms with Crippen molar-refractivity contribution in [2.75, 3.05) is 23.7 Å². The Morgan fingerprint density at radius 2 is 1.67 bits per heavy atom. The number of aromatic nitrogens is 1. The number of benzene rings is 1. The van der Waals surface area contributed by atoms with Gasteiger partial charge < -0.3 is 20.1 Å². The lowest BCUT2D eigenvalue weighted by Crippen LogP contribution is -2.38. The molecule has 2 N–H and O–H groups in total. The molecule has 180 valence electrons. The molecule has 33 heavy (non-hydrogen) atoms. The number of amides is 1. The fourth-order valence-corrected chi connectivity index (χ4v) is 4.08. The summed E-state index contributed by atoms with van der Waals surface area (Å²) in [5.41, 5.74) is 3.13. The maximum Gasteiger partial charge on any atom is 0.222 e. The summed E-state index contributed by atoms with van der Waals surface area (Å²) in [6, 6.07) is 10.5. The third-order valence-corrected chi connectivity index (χ3v) is 5.43. The van der Waals surface area contributed by atoms with Crippen LogP contribution in [0.4, 0.5) is 11.5 Å². The van der Waals surface area contributed by atoms with Gasteiger partial charge in [-0.05, 0) is 77.3 Å². The number of nitrogens with zero attached hydrogens (tertiary/aromatic N) is 2. The first-order valence-electron chi connectivity index (χ1n) is 11.9. The Morgan fingerprint density at radius 3 is 2.18 bits per heavy atom. The number of aryl methyl sites for hydroxylation is 1. The lowest BCUT2D eigenvalue weighted by atomic mass is 10.0. The minimum Gasteiger partial charge on any atom is -0.491 e. The minimum absolute atomic E-state index is 0.112. The molecule has 7 heteroatoms. The average molecular weight is 455 g/mol. The van der Waals surface area contributed by atoms with Crippen LogP contribution in [-0.2, 0) is 11.3 Å². The van der Waals surface area contributed by atoms with E-state index in [1.165, 1.54) is 12.5 Å². The van der Waals surface area contributed by atoms with Gasteiger partial charge in [-0.3, -0.25) is 9.69 Å². The van der Waals surface area contributed by atoms with Gasteiger partial charge in [-0.15, -0.1) is 0 Å². The number of rotatable bonds is 9. The van der Waals surface area contributed by atoms with Gasteiger partial charge in [0.2, 0.25) is 5.91 Å². The molecule has 0 saturated carbocycles. The predicted octanol–water partition coefficient (Wildman–Crippen LogP) is 5.00. The highest BCUT2D eigenvalue weighted by Crippen LogP contribution is 2.27. The Balaban J connectivity index is 1.57. The molecule has 1 aliphatic rings. The van der Waals surface area contributed by atoms with E-state index in [4.69, 9.17) is 9.47 Å². The summed E-state index contributed by atoms with van der Waals surface area (Å²) in [5.74, 6) is 2.20. The number of piperidine rings is 1. The highest BCUT2D eigenvalue weighted by molar-refractivity contribution is 5.87. The zero-order valence-corrected chi connectivity index (χ0v) is 20.8. The second kappa shape index (κ2) is 11.4. The van der Waals surface area contributed by atoms with Crippen LogP contribution < -0.4 is 20.1 Å². The average Bonchev–Trinajstić information content (AvgIpc) is 2.70. The fraction of sp³-hybridized carbons (Fsp3) is 0.538. The van der Waals surface area contributed by atoms with Crippen molar-refractivity contribution in [3.05, 3.63) is 41.6 Å². The quantitative estimate of drug-likeness (QED) is 0.555. The second-order valence-corrected chi connectivity index (χ2v) is 9.35. The topological polar surface area (TPSA) is 75.7 Å². The van der Waals surface area contributed by atoms with E-state index in [0.717, 1.165) is 55.4 Å². The number of carbonyl (C=O) groups is 1. The fourth-order valence-electron chi connectivity index (χ4n) is 4.08. The summed E-state index contributed by atoms with van der Waals surface area (Å²) < 4.78 is 11.9. The second-order valence-electron chi connectivity index (χ2n) is 9.35. The van der Waals surface area contributed by atoms with Crippen molar-refractivity contribution in [1.29, 1.82) is 0 Å². The van der Waals surface area contributed by atoms with E-state index < -0.39 is 0 Å². The minimum atomic E-state index is -0.112. The van der Waals surface area contributed by atoms with Crippen LogP contribution in [0.15, 0.2) is 30.3 Å². The summed E-state index contributed by atoms with van der Waals surface area (Å²) in [5, 5.41) is 6.37. The van der Waals surface area contributed by atoms with Crippen LogP contribution in [0.5, 0.6) is 11.5 Å². The molecule has 0 bridgehead atoms. The Hall–Kier alpha value is -2.80. The molecule has 0 unspecified atom stereocenters. The molecule has 1 amide bonds. The molecule has 1 fully saturated rings. The molecule has 1 aromatic carbocycles. The molecule has 2 heterocycles. The van der Waals surface area contributed by atoms with Gasteiger partial charge in [0.05, 0.1) is 23.6 Å². The van der Waals surface area contributed by atoms with Crippen LogP contribution in [0.25, 0.3) is 0 Å². The molecule has 1 aromatic heterocycles. The SMILES string of the molecule is CC(=O)Nc1ccc(NC2CCN(Cc3cc(OC(C)C)cc(OC(C)C)c3)CC2)c(C)n1. The number of ether oxygens (including phenoxy) is 2. The smallest absolute Gasteiger partial charge is 0.222 e. The monoisotopic (exact) mass is 454 g/mol. The summed E-state index contributed by atoms with van der Waals surface area (Å²) >= 11 is 0. The third-order valence-electron chi connectivity index (χ3n) is 5.43. The van der Waals surface area contributed by atoms with E-state index in [1.54, 1.807) is 0 Å². The molecule has 0 radical (unpaired) electrons. The van der Waals surface area contributed by atoms with Gasteiger partial charge in [0.25, 0.3) is 0 Å². The maximum atomic E-state index is 11.2. The molecule has 0 spiro atoms. The van der Waals surface area contributed by atoms with Crippen molar-refractivity contribution >= 4 is 17.4 Å². The summed E-state index contributed by atoms with van der Waals surface area (Å²) in [6.45, 7) is 14.5. The zero-order chi connectivity index (χ0) is 24.0. The van der Waals surface area contributed by atoms with E-state index in [0.29, 0.717) is 11.9 Å². The first-order chi connectivity index (χ1) is 15.7. The van der Waals surface area contributed by atoms with E-state index in [1.807, 2.05) is 52.8 Å². The van der Waals surface area contributed by atoms with Crippen molar-refractivity contribution in [3.8, 4) is 11.5 Å². The molecule has 3 rings (SSSR count). The lowest BCUT2D eigenvalue weighted by molar-refractivity contribution is -0.114. The Kier molecular flexibility index (Phi) is 8.55. The van der Waals surface area contributed by atoms with Crippen molar-refractivity contribution in [3.63, 3.8) is 0 Å². The zero-order valence-electron chi connectivity index (χ0n) is 20.8. The van der Waals surface area contributed by atoms with Gasteiger partial charge in [0, 0.05) is 38.7 Å². The lowest BCUT2D eigenvalue weighted by Gasteiger charge is -2.33. The van der Waals surface area contributed by atoms with Crippen molar-refractivity contribution in [2.24, 2.45) is 0 Å². The standard InChI is InChI=1S/C26H38N4O3/c1-17(2)32-23-13-21(14-24(15-23)33-18(3)4)16-30-11-9-22(10-12-30)29-25-7-8-26(27-19(25)5)28-20(6)31/h7-8,13-15,17-18,22,29H,9-12,16H2,1-6H3,(H,27,28,31). The number of hydrogen-bond acceptors (Lipinski definition) is 6. The first kappa shape index (κ1) is 24.8. The molecule has 7 nitrogen and oxygen atoms in total. The molecule has 2 aromatic rings. The number of hydrogen-bond donors (Lipinski definition) is 2. The van der Waals surface area contributed by atoms with E-state index in [-0.39, 0.29) is 18.1 Å². The number of anilines is 2. The van der Waals surface area contributed by atoms with Crippen molar-refractivity contribution < 1.29 is 14.3 Å². The highest BCUT2D eigenvalue weighted by atomic mass is 16.5. The molecule has 0 aliphatic carbocycles. The number of likely N-dealkylation sites (tertiary alicyclic amines) is 1. The van der Waals surface area contributed by atoms with Gasteiger partial charge in [0.1, 0.15) is 17.3 Å². The van der Waals surface area contributed by atoms with E-state index in [9.17, 15) is 4.79 Å². The summed E-state index contributed by atoms with van der Waals surface area (Å²) in [6.07, 6.45) is 2.37. The summed E-state index contributed by atoms with van der Waals surface area (Å²) in [7, 11) is 0. The van der Waals surface area contributed by atoms with Gasteiger partial charge in [-0.2, -0.15) is 0 Å². The van der Waals surface area contributed by atoms with Crippen LogP contribution in [-0.4, -0.2) is 47.1 Å². The van der Waals surface area contributed by atoms with Crippen LogP contribution in [0.3, 0.4) is 0 Å². The predicted molar refractivity (Wildman–Crippen MR) is 133 cm³/mol. The molecule has 1 aliphatic heterocycles. The molecule has 0 atom stereocenters. The number of pyridine rings is 1. The van der Waals surface area contributed by atoms with Crippen molar-refractivity contribution in [2.45, 2.75) is 79.2 Å². The molecular weight excluding hydrogens is 416 g/mol. The maximum absolute atomic E-state index is 11.2. The third kappa shape index (κ3) is 7.93. The van der Waals surface area contributed by atoms with Gasteiger partial charge >= 0.3 is 0 Å². The van der Waals surface area contributed by atoms with Crippen molar-refractivity contribution in [1.82, 2.24) is 9.88 Å². The van der Waals surface area contributed by atoms with Crippen LogP contribution in [0, 0.1) is 6.92 Å². The first-order valence-corrected chi connectivity index (χ1v) is 11.9. The largest absolute Gasteiger partial charge is 0.491 e. The van der Waals surface area contributed by atoms with Gasteiger partial charge in [-0.25, -0.2) is 4.98 Å². The van der Waals surface area contributed by atoms with Crippen LogP contribution >= 0.6 is 0 Å². The highest BCUT2D eigenvalue weighted by Gasteiger charge is 2.20. The molecular formula is C26H38N4O3. The Morgan fingerprint density at radius 1 is 1.06 bits per heavy atom. The van der Waals surface area contributed by atoms with E-state index in [2.05, 4.69) is 32.7 Å². The van der Waals surface area contributed by atoms with E-state index >= 15 is 0 Å². The summed E-state index contributed by atoms with van der Waals surface area (Å²) in [4.78, 5) is 18.2. The normalized spacial score (nSPS) is 15.0. The van der Waals surface area contributed by atoms with Gasteiger partial charge in [0.15, 0.2) is 0 Å².